The van der Waals surface area contributed by atoms with E-state index >= 15 is 0 Å². The van der Waals surface area contributed by atoms with E-state index in [9.17, 15) is 5.11 Å². The molecule has 128 valence electrons. The second kappa shape index (κ2) is 7.28. The lowest BCUT2D eigenvalue weighted by Crippen LogP contribution is -2.23. The normalized spacial score (nSPS) is 10.8. The average Bonchev–Trinajstić information content (AvgIpc) is 2.69. The first-order chi connectivity index (χ1) is 12.8. The van der Waals surface area contributed by atoms with Gasteiger partial charge in [0.1, 0.15) is 17.1 Å². The van der Waals surface area contributed by atoms with Crippen LogP contribution < -0.4 is 4.90 Å². The van der Waals surface area contributed by atoms with Gasteiger partial charge in [-0.3, -0.25) is 0 Å². The number of aromatic nitrogens is 1. The summed E-state index contributed by atoms with van der Waals surface area (Å²) in [5.41, 5.74) is 3.08. The van der Waals surface area contributed by atoms with E-state index in [-0.39, 0.29) is 5.75 Å². The SMILES string of the molecule is Oc1cccc2ccc(N(Cc3ccccc3)Cc3ccccc3)nc12. The third-order valence-electron chi connectivity index (χ3n) is 4.44. The molecule has 1 N–H and O–H groups in total. The Morgan fingerprint density at radius 3 is 1.88 bits per heavy atom. The van der Waals surface area contributed by atoms with Gasteiger partial charge in [0.05, 0.1) is 0 Å². The third kappa shape index (κ3) is 3.52. The first-order valence-corrected chi connectivity index (χ1v) is 8.71. The standard InChI is InChI=1S/C23H20N2O/c26-21-13-7-12-20-14-15-22(24-23(20)21)25(16-18-8-3-1-4-9-18)17-19-10-5-2-6-11-19/h1-15,26H,16-17H2. The fourth-order valence-corrected chi connectivity index (χ4v) is 3.12. The van der Waals surface area contributed by atoms with Gasteiger partial charge in [0, 0.05) is 18.5 Å². The number of benzene rings is 3. The van der Waals surface area contributed by atoms with Crippen molar-refractivity contribution in [1.82, 2.24) is 4.98 Å². The number of nitrogens with zero attached hydrogens (tertiary/aromatic N) is 2. The van der Waals surface area contributed by atoms with Crippen LogP contribution in [0.15, 0.2) is 91.0 Å². The summed E-state index contributed by atoms with van der Waals surface area (Å²) in [6.45, 7) is 1.50. The van der Waals surface area contributed by atoms with Gasteiger partial charge in [-0.15, -0.1) is 0 Å². The number of phenols is 1. The zero-order chi connectivity index (χ0) is 17.8. The molecule has 0 aliphatic carbocycles. The molecule has 0 bridgehead atoms. The van der Waals surface area contributed by atoms with E-state index < -0.39 is 0 Å². The van der Waals surface area contributed by atoms with Gasteiger partial charge in [0.25, 0.3) is 0 Å². The van der Waals surface area contributed by atoms with Crippen LogP contribution in [0.4, 0.5) is 5.82 Å². The molecule has 0 saturated heterocycles. The Bertz CT molecular complexity index is 959. The maximum Gasteiger partial charge on any atom is 0.141 e. The fraction of sp³-hybridized carbons (Fsp3) is 0.0870. The van der Waals surface area contributed by atoms with Crippen molar-refractivity contribution < 1.29 is 5.11 Å². The topological polar surface area (TPSA) is 36.4 Å². The first-order valence-electron chi connectivity index (χ1n) is 8.71. The van der Waals surface area contributed by atoms with Crippen LogP contribution in [0.25, 0.3) is 10.9 Å². The average molecular weight is 340 g/mol. The predicted molar refractivity (Wildman–Crippen MR) is 106 cm³/mol. The highest BCUT2D eigenvalue weighted by Crippen LogP contribution is 2.26. The Hall–Kier alpha value is -3.33. The lowest BCUT2D eigenvalue weighted by Gasteiger charge is -2.24. The molecule has 1 heterocycles. The first kappa shape index (κ1) is 16.2. The van der Waals surface area contributed by atoms with Crippen LogP contribution in [0.5, 0.6) is 5.75 Å². The van der Waals surface area contributed by atoms with Crippen LogP contribution in [0, 0.1) is 0 Å². The molecule has 0 amide bonds. The third-order valence-corrected chi connectivity index (χ3v) is 4.44. The van der Waals surface area contributed by atoms with Crippen molar-refractivity contribution >= 4 is 16.7 Å². The van der Waals surface area contributed by atoms with E-state index in [1.165, 1.54) is 11.1 Å². The van der Waals surface area contributed by atoms with E-state index in [0.717, 1.165) is 24.3 Å². The van der Waals surface area contributed by atoms with Crippen LogP contribution in [0.1, 0.15) is 11.1 Å². The minimum Gasteiger partial charge on any atom is -0.506 e. The summed E-state index contributed by atoms with van der Waals surface area (Å²) in [5.74, 6) is 1.07. The minimum atomic E-state index is 0.212. The van der Waals surface area contributed by atoms with Gasteiger partial charge in [-0.2, -0.15) is 0 Å². The number of hydrogen-bond acceptors (Lipinski definition) is 3. The van der Waals surface area contributed by atoms with Crippen LogP contribution in [0.2, 0.25) is 0 Å². The fourth-order valence-electron chi connectivity index (χ4n) is 3.12. The molecule has 1 aromatic heterocycles. The molecule has 0 saturated carbocycles. The highest BCUT2D eigenvalue weighted by molar-refractivity contribution is 5.85. The summed E-state index contributed by atoms with van der Waals surface area (Å²) in [4.78, 5) is 6.98. The molecule has 4 rings (SSSR count). The van der Waals surface area contributed by atoms with Gasteiger partial charge < -0.3 is 10.0 Å². The lowest BCUT2D eigenvalue weighted by molar-refractivity contribution is 0.480. The number of anilines is 1. The number of fused-ring (bicyclic) bond motifs is 1. The molecule has 0 unspecified atom stereocenters. The number of hydrogen-bond donors (Lipinski definition) is 1. The number of rotatable bonds is 5. The van der Waals surface area contributed by atoms with Crippen LogP contribution >= 0.6 is 0 Å². The predicted octanol–water partition coefficient (Wildman–Crippen LogP) is 5.15. The van der Waals surface area contributed by atoms with Gasteiger partial charge in [-0.25, -0.2) is 4.98 Å². The molecule has 0 aliphatic heterocycles. The van der Waals surface area contributed by atoms with Gasteiger partial charge in [0.15, 0.2) is 0 Å². The molecule has 0 aliphatic rings. The number of phenolic OH excluding ortho intramolecular Hbond substituents is 1. The highest BCUT2D eigenvalue weighted by atomic mass is 16.3. The van der Waals surface area contributed by atoms with Gasteiger partial charge in [-0.1, -0.05) is 72.8 Å². The Labute approximate surface area is 153 Å². The van der Waals surface area contributed by atoms with E-state index in [1.807, 2.05) is 36.4 Å². The summed E-state index contributed by atoms with van der Waals surface area (Å²) in [6.07, 6.45) is 0. The van der Waals surface area contributed by atoms with Crippen LogP contribution in [-0.2, 0) is 13.1 Å². The Morgan fingerprint density at radius 2 is 1.27 bits per heavy atom. The van der Waals surface area contributed by atoms with Gasteiger partial charge >= 0.3 is 0 Å². The molecule has 4 aromatic rings. The summed E-state index contributed by atoms with van der Waals surface area (Å²) in [6, 6.07) is 30.3. The van der Waals surface area contributed by atoms with E-state index in [1.54, 1.807) is 6.07 Å². The maximum absolute atomic E-state index is 10.2. The zero-order valence-electron chi connectivity index (χ0n) is 14.4. The van der Waals surface area contributed by atoms with Crippen LogP contribution in [0.3, 0.4) is 0 Å². The Kier molecular flexibility index (Phi) is 4.52. The molecule has 0 spiro atoms. The highest BCUT2D eigenvalue weighted by Gasteiger charge is 2.12. The quantitative estimate of drug-likeness (QED) is 0.546. The number of pyridine rings is 1. The van der Waals surface area contributed by atoms with Gasteiger partial charge in [-0.05, 0) is 29.3 Å². The lowest BCUT2D eigenvalue weighted by atomic mass is 10.1. The summed E-state index contributed by atoms with van der Waals surface area (Å²) in [5, 5.41) is 11.1. The summed E-state index contributed by atoms with van der Waals surface area (Å²) >= 11 is 0. The van der Waals surface area contributed by atoms with Crippen molar-refractivity contribution in [2.75, 3.05) is 4.90 Å². The van der Waals surface area contributed by atoms with Crippen LogP contribution in [-0.4, -0.2) is 10.1 Å². The monoisotopic (exact) mass is 340 g/mol. The van der Waals surface area contributed by atoms with Crippen molar-refractivity contribution in [2.45, 2.75) is 13.1 Å². The largest absolute Gasteiger partial charge is 0.506 e. The molecule has 3 heteroatoms. The molecular weight excluding hydrogens is 320 g/mol. The molecule has 3 aromatic carbocycles. The number of aromatic hydroxyl groups is 1. The Morgan fingerprint density at radius 1 is 0.654 bits per heavy atom. The van der Waals surface area contributed by atoms with Crippen molar-refractivity contribution in [1.29, 1.82) is 0 Å². The van der Waals surface area contributed by atoms with Crippen molar-refractivity contribution in [3.8, 4) is 5.75 Å². The van der Waals surface area contributed by atoms with Gasteiger partial charge in [0.2, 0.25) is 0 Å². The van der Waals surface area contributed by atoms with E-state index in [0.29, 0.717) is 5.52 Å². The molecule has 0 fully saturated rings. The number of para-hydroxylation sites is 1. The maximum atomic E-state index is 10.2. The van der Waals surface area contributed by atoms with E-state index in [4.69, 9.17) is 4.98 Å². The summed E-state index contributed by atoms with van der Waals surface area (Å²) < 4.78 is 0. The molecule has 0 atom stereocenters. The Balaban J connectivity index is 1.73. The smallest absolute Gasteiger partial charge is 0.141 e. The molecule has 3 nitrogen and oxygen atoms in total. The molecular formula is C23H20N2O. The van der Waals surface area contributed by atoms with Crippen molar-refractivity contribution in [3.63, 3.8) is 0 Å². The molecule has 0 radical (unpaired) electrons. The zero-order valence-corrected chi connectivity index (χ0v) is 14.4. The van der Waals surface area contributed by atoms with Crippen molar-refractivity contribution in [3.05, 3.63) is 102 Å². The van der Waals surface area contributed by atoms with Crippen molar-refractivity contribution in [2.24, 2.45) is 0 Å². The minimum absolute atomic E-state index is 0.212. The second-order valence-corrected chi connectivity index (χ2v) is 6.35. The van der Waals surface area contributed by atoms with E-state index in [2.05, 4.69) is 53.4 Å². The molecule has 26 heavy (non-hydrogen) atoms. The summed E-state index contributed by atoms with van der Waals surface area (Å²) in [7, 11) is 0. The second-order valence-electron chi connectivity index (χ2n) is 6.35.